The SMILES string of the molecule is CCCc1nnc(-c2ccco2)o1. The molecule has 4 nitrogen and oxygen atoms in total. The molecule has 2 heterocycles. The number of rotatable bonds is 3. The van der Waals surface area contributed by atoms with E-state index in [1.165, 1.54) is 0 Å². The van der Waals surface area contributed by atoms with Crippen LogP contribution in [0.15, 0.2) is 27.2 Å². The number of aromatic nitrogens is 2. The highest BCUT2D eigenvalue weighted by atomic mass is 16.4. The summed E-state index contributed by atoms with van der Waals surface area (Å²) in [5.41, 5.74) is 0. The van der Waals surface area contributed by atoms with E-state index in [1.54, 1.807) is 18.4 Å². The Morgan fingerprint density at radius 2 is 2.31 bits per heavy atom. The van der Waals surface area contributed by atoms with Crippen LogP contribution in [0.25, 0.3) is 11.7 Å². The molecule has 0 spiro atoms. The highest BCUT2D eigenvalue weighted by Crippen LogP contribution is 2.17. The molecule has 13 heavy (non-hydrogen) atoms. The zero-order valence-electron chi connectivity index (χ0n) is 7.36. The van der Waals surface area contributed by atoms with E-state index < -0.39 is 0 Å². The van der Waals surface area contributed by atoms with Gasteiger partial charge in [-0.1, -0.05) is 6.92 Å². The van der Waals surface area contributed by atoms with Crippen LogP contribution in [0.2, 0.25) is 0 Å². The van der Waals surface area contributed by atoms with Crippen LogP contribution in [0.4, 0.5) is 0 Å². The Morgan fingerprint density at radius 3 is 3.00 bits per heavy atom. The van der Waals surface area contributed by atoms with Gasteiger partial charge in [-0.2, -0.15) is 0 Å². The van der Waals surface area contributed by atoms with Gasteiger partial charge in [0.15, 0.2) is 5.76 Å². The number of furan rings is 1. The van der Waals surface area contributed by atoms with E-state index in [0.29, 0.717) is 17.5 Å². The lowest BCUT2D eigenvalue weighted by atomic mass is 10.3. The molecule has 2 aromatic rings. The summed E-state index contributed by atoms with van der Waals surface area (Å²) in [4.78, 5) is 0. The molecule has 0 saturated heterocycles. The lowest BCUT2D eigenvalue weighted by Crippen LogP contribution is -1.80. The van der Waals surface area contributed by atoms with E-state index in [0.717, 1.165) is 12.8 Å². The number of hydrogen-bond donors (Lipinski definition) is 0. The maximum Gasteiger partial charge on any atom is 0.283 e. The normalized spacial score (nSPS) is 10.5. The smallest absolute Gasteiger partial charge is 0.283 e. The summed E-state index contributed by atoms with van der Waals surface area (Å²) < 4.78 is 10.5. The third kappa shape index (κ3) is 1.61. The fraction of sp³-hybridized carbons (Fsp3) is 0.333. The Kier molecular flexibility index (Phi) is 2.12. The summed E-state index contributed by atoms with van der Waals surface area (Å²) in [6.45, 7) is 2.07. The molecule has 0 amide bonds. The van der Waals surface area contributed by atoms with E-state index >= 15 is 0 Å². The van der Waals surface area contributed by atoms with Crippen LogP contribution in [0, 0.1) is 0 Å². The molecule has 0 fully saturated rings. The number of hydrogen-bond acceptors (Lipinski definition) is 4. The summed E-state index contributed by atoms with van der Waals surface area (Å²) in [6.07, 6.45) is 3.40. The van der Waals surface area contributed by atoms with E-state index in [9.17, 15) is 0 Å². The topological polar surface area (TPSA) is 52.1 Å². The fourth-order valence-corrected chi connectivity index (χ4v) is 1.07. The minimum absolute atomic E-state index is 0.452. The van der Waals surface area contributed by atoms with Gasteiger partial charge in [0, 0.05) is 6.42 Å². The largest absolute Gasteiger partial charge is 0.459 e. The molecule has 0 saturated carbocycles. The molecule has 0 bridgehead atoms. The first-order chi connectivity index (χ1) is 6.40. The second-order valence-electron chi connectivity index (χ2n) is 2.73. The summed E-state index contributed by atoms with van der Waals surface area (Å²) in [5, 5.41) is 7.75. The second-order valence-corrected chi connectivity index (χ2v) is 2.73. The minimum atomic E-state index is 0.452. The molecule has 4 heteroatoms. The molecule has 0 N–H and O–H groups in total. The van der Waals surface area contributed by atoms with Gasteiger partial charge in [0.05, 0.1) is 6.26 Å². The second kappa shape index (κ2) is 3.43. The maximum absolute atomic E-state index is 5.35. The van der Waals surface area contributed by atoms with Crippen molar-refractivity contribution in [3.05, 3.63) is 24.3 Å². The van der Waals surface area contributed by atoms with Crippen LogP contribution < -0.4 is 0 Å². The van der Waals surface area contributed by atoms with Crippen LogP contribution in [-0.2, 0) is 6.42 Å². The highest BCUT2D eigenvalue weighted by Gasteiger charge is 2.09. The first kappa shape index (κ1) is 8.04. The maximum atomic E-state index is 5.35. The molecule has 0 radical (unpaired) electrons. The zero-order valence-corrected chi connectivity index (χ0v) is 7.36. The Labute approximate surface area is 75.6 Å². The molecule has 0 aliphatic heterocycles. The summed E-state index contributed by atoms with van der Waals surface area (Å²) in [6, 6.07) is 3.59. The first-order valence-corrected chi connectivity index (χ1v) is 4.26. The number of nitrogens with zero attached hydrogens (tertiary/aromatic N) is 2. The Balaban J connectivity index is 2.23. The van der Waals surface area contributed by atoms with Crippen molar-refractivity contribution in [2.45, 2.75) is 19.8 Å². The van der Waals surface area contributed by atoms with Gasteiger partial charge in [-0.3, -0.25) is 0 Å². The van der Waals surface area contributed by atoms with Crippen molar-refractivity contribution in [1.29, 1.82) is 0 Å². The van der Waals surface area contributed by atoms with Crippen LogP contribution in [0.1, 0.15) is 19.2 Å². The van der Waals surface area contributed by atoms with Crippen LogP contribution in [0.3, 0.4) is 0 Å². The molecular formula is C9H10N2O2. The predicted octanol–water partition coefficient (Wildman–Crippen LogP) is 2.28. The van der Waals surface area contributed by atoms with Crippen molar-refractivity contribution in [1.82, 2.24) is 10.2 Å². The van der Waals surface area contributed by atoms with E-state index in [4.69, 9.17) is 8.83 Å². The standard InChI is InChI=1S/C9H10N2O2/c1-2-4-8-10-11-9(13-8)7-5-3-6-12-7/h3,5-6H,2,4H2,1H3. The lowest BCUT2D eigenvalue weighted by molar-refractivity contribution is 0.477. The summed E-state index contributed by atoms with van der Waals surface area (Å²) in [5.74, 6) is 1.73. The van der Waals surface area contributed by atoms with Gasteiger partial charge in [0.1, 0.15) is 0 Å². The van der Waals surface area contributed by atoms with Gasteiger partial charge < -0.3 is 8.83 Å². The highest BCUT2D eigenvalue weighted by molar-refractivity contribution is 5.42. The van der Waals surface area contributed by atoms with Crippen LogP contribution in [0.5, 0.6) is 0 Å². The molecule has 0 atom stereocenters. The first-order valence-electron chi connectivity index (χ1n) is 4.26. The Hall–Kier alpha value is -1.58. The molecule has 68 valence electrons. The van der Waals surface area contributed by atoms with Gasteiger partial charge in [-0.25, -0.2) is 0 Å². The van der Waals surface area contributed by atoms with Crippen molar-refractivity contribution < 1.29 is 8.83 Å². The van der Waals surface area contributed by atoms with Crippen molar-refractivity contribution in [3.8, 4) is 11.7 Å². The number of aryl methyl sites for hydroxylation is 1. The van der Waals surface area contributed by atoms with Gasteiger partial charge in [0.2, 0.25) is 5.89 Å². The van der Waals surface area contributed by atoms with Crippen molar-refractivity contribution in [3.63, 3.8) is 0 Å². The molecular weight excluding hydrogens is 168 g/mol. The average Bonchev–Trinajstić information content (AvgIpc) is 2.70. The van der Waals surface area contributed by atoms with Gasteiger partial charge >= 0.3 is 0 Å². The molecule has 0 unspecified atom stereocenters. The zero-order chi connectivity index (χ0) is 9.10. The quantitative estimate of drug-likeness (QED) is 0.723. The van der Waals surface area contributed by atoms with Gasteiger partial charge in [-0.15, -0.1) is 10.2 Å². The average molecular weight is 178 g/mol. The molecule has 2 aromatic heterocycles. The summed E-state index contributed by atoms with van der Waals surface area (Å²) >= 11 is 0. The molecule has 2 rings (SSSR count). The van der Waals surface area contributed by atoms with Crippen molar-refractivity contribution in [2.24, 2.45) is 0 Å². The molecule has 0 aliphatic carbocycles. The summed E-state index contributed by atoms with van der Waals surface area (Å²) in [7, 11) is 0. The predicted molar refractivity (Wildman–Crippen MR) is 46.0 cm³/mol. The lowest BCUT2D eigenvalue weighted by Gasteiger charge is -1.86. The van der Waals surface area contributed by atoms with Gasteiger partial charge in [0.25, 0.3) is 5.89 Å². The van der Waals surface area contributed by atoms with Crippen LogP contribution in [-0.4, -0.2) is 10.2 Å². The van der Waals surface area contributed by atoms with E-state index in [-0.39, 0.29) is 0 Å². The van der Waals surface area contributed by atoms with E-state index in [2.05, 4.69) is 17.1 Å². The Morgan fingerprint density at radius 1 is 1.38 bits per heavy atom. The van der Waals surface area contributed by atoms with Crippen molar-refractivity contribution in [2.75, 3.05) is 0 Å². The van der Waals surface area contributed by atoms with Crippen molar-refractivity contribution >= 4 is 0 Å². The monoisotopic (exact) mass is 178 g/mol. The van der Waals surface area contributed by atoms with Crippen LogP contribution >= 0.6 is 0 Å². The third-order valence-corrected chi connectivity index (χ3v) is 1.66. The fourth-order valence-electron chi connectivity index (χ4n) is 1.07. The molecule has 0 aromatic carbocycles. The molecule has 0 aliphatic rings. The minimum Gasteiger partial charge on any atom is -0.459 e. The van der Waals surface area contributed by atoms with E-state index in [1.807, 2.05) is 0 Å². The third-order valence-electron chi connectivity index (χ3n) is 1.66. The van der Waals surface area contributed by atoms with Gasteiger partial charge in [-0.05, 0) is 18.6 Å². The Bertz CT molecular complexity index is 365.